The fourth-order valence-corrected chi connectivity index (χ4v) is 3.11. The van der Waals surface area contributed by atoms with Crippen molar-refractivity contribution < 1.29 is 8.42 Å². The lowest BCUT2D eigenvalue weighted by atomic mass is 10.2. The number of nitrogens with zero attached hydrogens (tertiary/aromatic N) is 2. The average Bonchev–Trinajstić information content (AvgIpc) is 2.92. The zero-order valence-corrected chi connectivity index (χ0v) is 12.5. The molecule has 1 aromatic heterocycles. The summed E-state index contributed by atoms with van der Waals surface area (Å²) >= 11 is 0. The molecule has 0 radical (unpaired) electrons. The van der Waals surface area contributed by atoms with Crippen molar-refractivity contribution in [2.24, 2.45) is 0 Å². The van der Waals surface area contributed by atoms with E-state index in [1.54, 1.807) is 19.4 Å². The van der Waals surface area contributed by atoms with Gasteiger partial charge in [-0.1, -0.05) is 19.1 Å². The summed E-state index contributed by atoms with van der Waals surface area (Å²) in [6.07, 6.45) is 5.28. The molecule has 108 valence electrons. The van der Waals surface area contributed by atoms with E-state index in [2.05, 4.69) is 10.3 Å². The van der Waals surface area contributed by atoms with Gasteiger partial charge in [0.05, 0.1) is 23.5 Å². The zero-order valence-electron chi connectivity index (χ0n) is 11.7. The number of para-hydroxylation sites is 2. The number of nitrogens with one attached hydrogen (secondary N) is 1. The molecule has 0 aliphatic heterocycles. The van der Waals surface area contributed by atoms with Gasteiger partial charge in [-0.05, 0) is 19.1 Å². The number of aromatic nitrogens is 2. The summed E-state index contributed by atoms with van der Waals surface area (Å²) < 4.78 is 25.2. The van der Waals surface area contributed by atoms with E-state index in [1.165, 1.54) is 0 Å². The molecule has 0 saturated carbocycles. The second kappa shape index (κ2) is 6.09. The van der Waals surface area contributed by atoms with E-state index in [-0.39, 0.29) is 17.5 Å². The van der Waals surface area contributed by atoms with Gasteiger partial charge in [0.2, 0.25) is 0 Å². The van der Waals surface area contributed by atoms with Gasteiger partial charge in [0, 0.05) is 24.2 Å². The van der Waals surface area contributed by atoms with E-state index in [9.17, 15) is 8.42 Å². The molecule has 1 atom stereocenters. The van der Waals surface area contributed by atoms with Crippen molar-refractivity contribution in [1.82, 2.24) is 9.55 Å². The van der Waals surface area contributed by atoms with Crippen molar-refractivity contribution in [1.29, 1.82) is 0 Å². The highest BCUT2D eigenvalue weighted by Crippen LogP contribution is 2.20. The molecule has 0 amide bonds. The van der Waals surface area contributed by atoms with Crippen LogP contribution in [0.1, 0.15) is 13.8 Å². The van der Waals surface area contributed by atoms with Crippen LogP contribution in [-0.2, 0) is 9.84 Å². The average molecular weight is 293 g/mol. The summed E-state index contributed by atoms with van der Waals surface area (Å²) in [6.45, 7) is 3.54. The van der Waals surface area contributed by atoms with E-state index < -0.39 is 9.84 Å². The van der Waals surface area contributed by atoms with Crippen LogP contribution >= 0.6 is 0 Å². The van der Waals surface area contributed by atoms with Crippen LogP contribution in [-0.4, -0.2) is 35.5 Å². The van der Waals surface area contributed by atoms with Gasteiger partial charge in [-0.25, -0.2) is 13.4 Å². The molecule has 5 nitrogen and oxygen atoms in total. The molecule has 1 aromatic carbocycles. The Bertz CT molecular complexity index is 651. The van der Waals surface area contributed by atoms with Crippen LogP contribution in [0.5, 0.6) is 0 Å². The van der Waals surface area contributed by atoms with Crippen LogP contribution in [0.25, 0.3) is 5.69 Å². The summed E-state index contributed by atoms with van der Waals surface area (Å²) in [4.78, 5) is 4.03. The van der Waals surface area contributed by atoms with Crippen LogP contribution in [0, 0.1) is 0 Å². The Balaban J connectivity index is 2.18. The number of imidazole rings is 1. The van der Waals surface area contributed by atoms with Gasteiger partial charge in [0.1, 0.15) is 0 Å². The van der Waals surface area contributed by atoms with Crippen molar-refractivity contribution in [3.8, 4) is 5.69 Å². The Kier molecular flexibility index (Phi) is 4.44. The highest BCUT2D eigenvalue weighted by Gasteiger charge is 2.14. The predicted octanol–water partition coefficient (Wildman–Crippen LogP) is 2.11. The Morgan fingerprint density at radius 3 is 2.75 bits per heavy atom. The lowest BCUT2D eigenvalue weighted by Crippen LogP contribution is -2.27. The molecule has 0 aliphatic rings. The van der Waals surface area contributed by atoms with E-state index >= 15 is 0 Å². The van der Waals surface area contributed by atoms with E-state index in [1.807, 2.05) is 42.0 Å². The molecule has 1 N–H and O–H groups in total. The number of sulfone groups is 1. The third-order valence-electron chi connectivity index (χ3n) is 3.03. The normalized spacial score (nSPS) is 13.1. The Morgan fingerprint density at radius 1 is 1.35 bits per heavy atom. The first-order valence-corrected chi connectivity index (χ1v) is 8.38. The maximum atomic E-state index is 11.7. The minimum atomic E-state index is -2.99. The van der Waals surface area contributed by atoms with Gasteiger partial charge >= 0.3 is 0 Å². The third kappa shape index (κ3) is 3.60. The summed E-state index contributed by atoms with van der Waals surface area (Å²) in [7, 11) is -2.99. The third-order valence-corrected chi connectivity index (χ3v) is 4.92. The summed E-state index contributed by atoms with van der Waals surface area (Å²) in [5.41, 5.74) is 1.84. The van der Waals surface area contributed by atoms with Gasteiger partial charge in [-0.3, -0.25) is 0 Å². The summed E-state index contributed by atoms with van der Waals surface area (Å²) in [5, 5.41) is 3.26. The van der Waals surface area contributed by atoms with Crippen LogP contribution < -0.4 is 5.32 Å². The number of hydrogen-bond acceptors (Lipinski definition) is 4. The second-order valence-electron chi connectivity index (χ2n) is 4.73. The minimum Gasteiger partial charge on any atom is -0.380 e. The predicted molar refractivity (Wildman–Crippen MR) is 81.0 cm³/mol. The van der Waals surface area contributed by atoms with Gasteiger partial charge < -0.3 is 9.88 Å². The van der Waals surface area contributed by atoms with E-state index in [0.29, 0.717) is 0 Å². The first kappa shape index (κ1) is 14.6. The maximum absolute atomic E-state index is 11.7. The highest BCUT2D eigenvalue weighted by molar-refractivity contribution is 7.91. The minimum absolute atomic E-state index is 0.127. The molecular weight excluding hydrogens is 274 g/mol. The lowest BCUT2D eigenvalue weighted by Gasteiger charge is -2.18. The largest absolute Gasteiger partial charge is 0.380 e. The molecule has 20 heavy (non-hydrogen) atoms. The van der Waals surface area contributed by atoms with Crippen LogP contribution in [0.15, 0.2) is 43.0 Å². The fraction of sp³-hybridized carbons (Fsp3) is 0.357. The molecule has 2 aromatic rings. The molecule has 0 saturated heterocycles. The van der Waals surface area contributed by atoms with E-state index in [4.69, 9.17) is 0 Å². The topological polar surface area (TPSA) is 64.0 Å². The first-order valence-electron chi connectivity index (χ1n) is 6.56. The quantitative estimate of drug-likeness (QED) is 0.886. The standard InChI is InChI=1S/C14H19N3O2S/c1-3-20(18,19)10-12(2)16-13-6-4-5-7-14(13)17-9-8-15-11-17/h4-9,11-12,16H,3,10H2,1-2H3. The number of anilines is 1. The van der Waals surface area contributed by atoms with Crippen molar-refractivity contribution >= 4 is 15.5 Å². The van der Waals surface area contributed by atoms with Gasteiger partial charge in [-0.15, -0.1) is 0 Å². The maximum Gasteiger partial charge on any atom is 0.152 e. The molecule has 1 heterocycles. The van der Waals surface area contributed by atoms with E-state index in [0.717, 1.165) is 11.4 Å². The first-order chi connectivity index (χ1) is 9.52. The molecule has 1 unspecified atom stereocenters. The molecule has 0 bridgehead atoms. The molecule has 0 spiro atoms. The fourth-order valence-electron chi connectivity index (χ4n) is 2.03. The lowest BCUT2D eigenvalue weighted by molar-refractivity contribution is 0.593. The Hall–Kier alpha value is -1.82. The van der Waals surface area contributed by atoms with Crippen molar-refractivity contribution in [3.63, 3.8) is 0 Å². The molecular formula is C14H19N3O2S. The smallest absolute Gasteiger partial charge is 0.152 e. The van der Waals surface area contributed by atoms with Gasteiger partial charge in [0.15, 0.2) is 9.84 Å². The van der Waals surface area contributed by atoms with Crippen molar-refractivity contribution in [2.75, 3.05) is 16.8 Å². The second-order valence-corrected chi connectivity index (χ2v) is 7.13. The number of benzene rings is 1. The Morgan fingerprint density at radius 2 is 2.10 bits per heavy atom. The number of rotatable bonds is 6. The van der Waals surface area contributed by atoms with Crippen LogP contribution in [0.3, 0.4) is 0 Å². The van der Waals surface area contributed by atoms with Crippen molar-refractivity contribution in [2.45, 2.75) is 19.9 Å². The monoisotopic (exact) mass is 293 g/mol. The van der Waals surface area contributed by atoms with Crippen LogP contribution in [0.4, 0.5) is 5.69 Å². The number of hydrogen-bond donors (Lipinski definition) is 1. The molecule has 6 heteroatoms. The molecule has 0 fully saturated rings. The van der Waals surface area contributed by atoms with Crippen LogP contribution in [0.2, 0.25) is 0 Å². The highest BCUT2D eigenvalue weighted by atomic mass is 32.2. The van der Waals surface area contributed by atoms with Gasteiger partial charge in [-0.2, -0.15) is 0 Å². The SMILES string of the molecule is CCS(=O)(=O)CC(C)Nc1ccccc1-n1ccnc1. The molecule has 2 rings (SSSR count). The summed E-state index contributed by atoms with van der Waals surface area (Å²) in [6, 6.07) is 7.61. The summed E-state index contributed by atoms with van der Waals surface area (Å²) in [5.74, 6) is 0.296. The Labute approximate surface area is 119 Å². The van der Waals surface area contributed by atoms with Gasteiger partial charge in [0.25, 0.3) is 0 Å². The van der Waals surface area contributed by atoms with Crippen molar-refractivity contribution in [3.05, 3.63) is 43.0 Å². The molecule has 0 aliphatic carbocycles. The zero-order chi connectivity index (χ0) is 14.6.